The highest BCUT2D eigenvalue weighted by Crippen LogP contribution is 2.34. The van der Waals surface area contributed by atoms with Crippen molar-refractivity contribution in [1.82, 2.24) is 5.01 Å². The van der Waals surface area contributed by atoms with Gasteiger partial charge < -0.3 is 0 Å². The van der Waals surface area contributed by atoms with E-state index >= 15 is 0 Å². The fourth-order valence-corrected chi connectivity index (χ4v) is 3.30. The summed E-state index contributed by atoms with van der Waals surface area (Å²) in [6.45, 7) is 0. The van der Waals surface area contributed by atoms with Gasteiger partial charge in [-0.25, -0.2) is 5.01 Å². The lowest BCUT2D eigenvalue weighted by Crippen LogP contribution is -2.27. The van der Waals surface area contributed by atoms with Crippen molar-refractivity contribution < 1.29 is 9.72 Å². The molecule has 4 rings (SSSR count). The van der Waals surface area contributed by atoms with E-state index in [1.54, 1.807) is 24.3 Å². The molecule has 138 valence electrons. The predicted octanol–water partition coefficient (Wildman–Crippen LogP) is 4.59. The predicted molar refractivity (Wildman–Crippen MR) is 106 cm³/mol. The average molecular weight is 371 g/mol. The maximum absolute atomic E-state index is 13.1. The summed E-state index contributed by atoms with van der Waals surface area (Å²) < 4.78 is 0. The van der Waals surface area contributed by atoms with Crippen LogP contribution in [0.2, 0.25) is 0 Å². The minimum Gasteiger partial charge on any atom is -0.267 e. The number of hydrogen-bond acceptors (Lipinski definition) is 4. The number of amides is 1. The number of non-ortho nitro benzene ring substituents is 1. The Morgan fingerprint density at radius 3 is 2.14 bits per heavy atom. The van der Waals surface area contributed by atoms with E-state index < -0.39 is 4.92 Å². The summed E-state index contributed by atoms with van der Waals surface area (Å²) >= 11 is 0. The summed E-state index contributed by atoms with van der Waals surface area (Å²) in [6.07, 6.45) is 0.542. The van der Waals surface area contributed by atoms with Crippen molar-refractivity contribution in [2.24, 2.45) is 5.10 Å². The molecule has 0 spiro atoms. The van der Waals surface area contributed by atoms with E-state index in [0.717, 1.165) is 16.8 Å². The van der Waals surface area contributed by atoms with Gasteiger partial charge in [0, 0.05) is 24.1 Å². The largest absolute Gasteiger partial charge is 0.274 e. The van der Waals surface area contributed by atoms with Gasteiger partial charge in [-0.15, -0.1) is 0 Å². The van der Waals surface area contributed by atoms with E-state index in [2.05, 4.69) is 5.10 Å². The number of hydrazone groups is 1. The van der Waals surface area contributed by atoms with Crippen molar-refractivity contribution in [3.63, 3.8) is 0 Å². The monoisotopic (exact) mass is 371 g/mol. The Morgan fingerprint density at radius 1 is 0.929 bits per heavy atom. The van der Waals surface area contributed by atoms with Crippen LogP contribution in [0, 0.1) is 10.1 Å². The molecule has 0 saturated heterocycles. The fraction of sp³-hybridized carbons (Fsp3) is 0.0909. The van der Waals surface area contributed by atoms with E-state index in [-0.39, 0.29) is 17.6 Å². The molecule has 0 bridgehead atoms. The highest BCUT2D eigenvalue weighted by Gasteiger charge is 2.33. The van der Waals surface area contributed by atoms with Gasteiger partial charge >= 0.3 is 0 Å². The van der Waals surface area contributed by atoms with Crippen LogP contribution in [0.25, 0.3) is 0 Å². The highest BCUT2D eigenvalue weighted by molar-refractivity contribution is 6.05. The number of nitro benzene ring substituents is 1. The van der Waals surface area contributed by atoms with Crippen LogP contribution >= 0.6 is 0 Å². The van der Waals surface area contributed by atoms with Crippen LogP contribution in [0.5, 0.6) is 0 Å². The molecule has 1 aliphatic heterocycles. The Kier molecular flexibility index (Phi) is 4.68. The maximum Gasteiger partial charge on any atom is 0.274 e. The summed E-state index contributed by atoms with van der Waals surface area (Å²) in [6, 6.07) is 24.8. The number of rotatable bonds is 4. The molecule has 3 aromatic carbocycles. The lowest BCUT2D eigenvalue weighted by molar-refractivity contribution is -0.384. The Labute approximate surface area is 161 Å². The SMILES string of the molecule is O=C(c1ccccc1)N1N=C(c2ccc([N+](=O)[O-])cc2)C[C@@H]1c1ccccc1. The smallest absolute Gasteiger partial charge is 0.267 e. The molecule has 6 nitrogen and oxygen atoms in total. The molecule has 1 amide bonds. The molecule has 0 N–H and O–H groups in total. The lowest BCUT2D eigenvalue weighted by Gasteiger charge is -2.22. The Balaban J connectivity index is 1.70. The molecule has 28 heavy (non-hydrogen) atoms. The summed E-state index contributed by atoms with van der Waals surface area (Å²) in [5.74, 6) is -0.175. The Morgan fingerprint density at radius 2 is 1.54 bits per heavy atom. The molecule has 0 aliphatic carbocycles. The van der Waals surface area contributed by atoms with Crippen molar-refractivity contribution in [3.8, 4) is 0 Å². The van der Waals surface area contributed by atoms with Crippen LogP contribution in [0.4, 0.5) is 5.69 Å². The van der Waals surface area contributed by atoms with Crippen LogP contribution in [0.15, 0.2) is 90.0 Å². The molecule has 0 saturated carbocycles. The van der Waals surface area contributed by atoms with E-state index in [0.29, 0.717) is 12.0 Å². The van der Waals surface area contributed by atoms with Gasteiger partial charge in [0.25, 0.3) is 11.6 Å². The molecule has 0 aromatic heterocycles. The van der Waals surface area contributed by atoms with E-state index in [1.807, 2.05) is 48.5 Å². The van der Waals surface area contributed by atoms with Gasteiger partial charge in [-0.2, -0.15) is 5.10 Å². The fourth-order valence-electron chi connectivity index (χ4n) is 3.30. The van der Waals surface area contributed by atoms with Crippen molar-refractivity contribution in [2.45, 2.75) is 12.5 Å². The van der Waals surface area contributed by atoms with Gasteiger partial charge in [-0.05, 0) is 35.4 Å². The summed E-state index contributed by atoms with van der Waals surface area (Å²) in [5, 5.41) is 17.0. The molecular weight excluding hydrogens is 354 g/mol. The van der Waals surface area contributed by atoms with Crippen LogP contribution in [-0.2, 0) is 0 Å². The van der Waals surface area contributed by atoms with Crippen LogP contribution < -0.4 is 0 Å². The van der Waals surface area contributed by atoms with Crippen LogP contribution in [0.3, 0.4) is 0 Å². The van der Waals surface area contributed by atoms with Crippen LogP contribution in [-0.4, -0.2) is 21.6 Å². The molecule has 1 atom stereocenters. The molecular formula is C22H17N3O3. The standard InChI is InChI=1S/C22H17N3O3/c26-22(18-9-5-2-6-10-18)24-21(17-7-3-1-4-8-17)15-20(23-24)16-11-13-19(14-12-16)25(27)28/h1-14,21H,15H2/t21-/m1/s1. The Bertz CT molecular complexity index is 1030. The first-order valence-corrected chi connectivity index (χ1v) is 8.89. The van der Waals surface area contributed by atoms with Crippen LogP contribution in [0.1, 0.15) is 33.9 Å². The second-order valence-electron chi connectivity index (χ2n) is 6.50. The molecule has 0 unspecified atom stereocenters. The first-order valence-electron chi connectivity index (χ1n) is 8.89. The quantitative estimate of drug-likeness (QED) is 0.497. The molecule has 6 heteroatoms. The summed E-state index contributed by atoms with van der Waals surface area (Å²) in [7, 11) is 0. The van der Waals surface area contributed by atoms with E-state index in [9.17, 15) is 14.9 Å². The van der Waals surface area contributed by atoms with Gasteiger partial charge in [0.1, 0.15) is 0 Å². The maximum atomic E-state index is 13.1. The number of hydrogen-bond donors (Lipinski definition) is 0. The number of carbonyl (C=O) groups is 1. The van der Waals surface area contributed by atoms with Gasteiger partial charge in [0.15, 0.2) is 0 Å². The number of nitrogens with zero attached hydrogens (tertiary/aromatic N) is 3. The van der Waals surface area contributed by atoms with Crippen molar-refractivity contribution in [1.29, 1.82) is 0 Å². The zero-order valence-electron chi connectivity index (χ0n) is 14.9. The van der Waals surface area contributed by atoms with E-state index in [4.69, 9.17) is 0 Å². The van der Waals surface area contributed by atoms with E-state index in [1.165, 1.54) is 17.1 Å². The minimum atomic E-state index is -0.432. The molecule has 1 aliphatic rings. The zero-order valence-corrected chi connectivity index (χ0v) is 14.9. The average Bonchev–Trinajstić information content (AvgIpc) is 3.20. The lowest BCUT2D eigenvalue weighted by atomic mass is 9.98. The second-order valence-corrected chi connectivity index (χ2v) is 6.50. The zero-order chi connectivity index (χ0) is 19.5. The van der Waals surface area contributed by atoms with Crippen molar-refractivity contribution in [2.75, 3.05) is 0 Å². The normalized spacial score (nSPS) is 15.9. The van der Waals surface area contributed by atoms with Crippen molar-refractivity contribution >= 4 is 17.3 Å². The molecule has 0 fully saturated rings. The number of nitro groups is 1. The van der Waals surface area contributed by atoms with Gasteiger partial charge in [0.2, 0.25) is 0 Å². The van der Waals surface area contributed by atoms with Gasteiger partial charge in [-0.1, -0.05) is 48.5 Å². The number of benzene rings is 3. The molecule has 3 aromatic rings. The third-order valence-electron chi connectivity index (χ3n) is 4.73. The highest BCUT2D eigenvalue weighted by atomic mass is 16.6. The summed E-state index contributed by atoms with van der Waals surface area (Å²) in [4.78, 5) is 23.5. The third-order valence-corrected chi connectivity index (χ3v) is 4.73. The van der Waals surface area contributed by atoms with Gasteiger partial charge in [0.05, 0.1) is 16.7 Å². The first kappa shape index (κ1) is 17.6. The minimum absolute atomic E-state index is 0.0270. The van der Waals surface area contributed by atoms with Gasteiger partial charge in [-0.3, -0.25) is 14.9 Å². The first-order chi connectivity index (χ1) is 13.6. The second kappa shape index (κ2) is 7.44. The topological polar surface area (TPSA) is 75.8 Å². The third kappa shape index (κ3) is 3.40. The number of carbonyl (C=O) groups excluding carboxylic acids is 1. The molecule has 0 radical (unpaired) electrons. The summed E-state index contributed by atoms with van der Waals surface area (Å²) in [5.41, 5.74) is 3.09. The Hall–Kier alpha value is -3.80. The van der Waals surface area contributed by atoms with Crippen molar-refractivity contribution in [3.05, 3.63) is 112 Å². The molecule has 1 heterocycles.